The van der Waals surface area contributed by atoms with Crippen molar-refractivity contribution in [2.45, 2.75) is 6.92 Å². The molecule has 0 fully saturated rings. The number of halogens is 1. The number of methoxy groups -OCH3 is 1. The van der Waals surface area contributed by atoms with E-state index in [1.807, 2.05) is 37.4 Å². The molecule has 0 radical (unpaired) electrons. The number of hydrogen-bond donors (Lipinski definition) is 0. The Morgan fingerprint density at radius 1 is 1.19 bits per heavy atom. The van der Waals surface area contributed by atoms with Crippen molar-refractivity contribution in [2.24, 2.45) is 0 Å². The smallest absolute Gasteiger partial charge is 0.120 e. The van der Waals surface area contributed by atoms with Crippen molar-refractivity contribution in [2.75, 3.05) is 7.11 Å². The quantitative estimate of drug-likeness (QED) is 0.789. The van der Waals surface area contributed by atoms with Gasteiger partial charge >= 0.3 is 0 Å². The van der Waals surface area contributed by atoms with Gasteiger partial charge in [0, 0.05) is 23.0 Å². The van der Waals surface area contributed by atoms with Crippen LogP contribution in [0.3, 0.4) is 0 Å². The molecule has 82 valence electrons. The molecular weight excluding hydrogens is 222 g/mol. The fourth-order valence-electron chi connectivity index (χ4n) is 1.48. The standard InChI is InChI=1S/C13H12ClNO/c1-9-3-4-10(8-15-9)12-6-5-11(16-2)7-13(12)14/h3-8H,1-2H3. The van der Waals surface area contributed by atoms with Gasteiger partial charge in [0.15, 0.2) is 0 Å². The number of pyridine rings is 1. The first kappa shape index (κ1) is 11.0. The predicted molar refractivity (Wildman–Crippen MR) is 66.0 cm³/mol. The molecule has 0 aliphatic carbocycles. The maximum Gasteiger partial charge on any atom is 0.120 e. The van der Waals surface area contributed by atoms with Gasteiger partial charge in [-0.3, -0.25) is 4.98 Å². The SMILES string of the molecule is COc1ccc(-c2ccc(C)nc2)c(Cl)c1. The van der Waals surface area contributed by atoms with E-state index in [4.69, 9.17) is 16.3 Å². The third-order valence-electron chi connectivity index (χ3n) is 2.40. The summed E-state index contributed by atoms with van der Waals surface area (Å²) in [6.07, 6.45) is 1.82. The van der Waals surface area contributed by atoms with Crippen molar-refractivity contribution in [3.05, 3.63) is 47.2 Å². The van der Waals surface area contributed by atoms with Gasteiger partial charge in [-0.1, -0.05) is 17.7 Å². The van der Waals surface area contributed by atoms with Crippen molar-refractivity contribution in [1.29, 1.82) is 0 Å². The fourth-order valence-corrected chi connectivity index (χ4v) is 1.76. The van der Waals surface area contributed by atoms with Crippen LogP contribution in [0.15, 0.2) is 36.5 Å². The lowest BCUT2D eigenvalue weighted by molar-refractivity contribution is 0.415. The first-order valence-corrected chi connectivity index (χ1v) is 5.35. The van der Waals surface area contributed by atoms with E-state index in [0.717, 1.165) is 22.6 Å². The van der Waals surface area contributed by atoms with Crippen LogP contribution in [-0.4, -0.2) is 12.1 Å². The minimum absolute atomic E-state index is 0.671. The molecule has 1 heterocycles. The van der Waals surface area contributed by atoms with Gasteiger partial charge in [-0.2, -0.15) is 0 Å². The lowest BCUT2D eigenvalue weighted by atomic mass is 10.1. The van der Waals surface area contributed by atoms with Crippen LogP contribution in [0.2, 0.25) is 5.02 Å². The van der Waals surface area contributed by atoms with Crippen molar-refractivity contribution in [3.8, 4) is 16.9 Å². The van der Waals surface area contributed by atoms with Gasteiger partial charge in [0.05, 0.1) is 12.1 Å². The third kappa shape index (κ3) is 2.17. The summed E-state index contributed by atoms with van der Waals surface area (Å²) in [6.45, 7) is 1.96. The van der Waals surface area contributed by atoms with E-state index in [9.17, 15) is 0 Å². The number of aromatic nitrogens is 1. The van der Waals surface area contributed by atoms with E-state index in [2.05, 4.69) is 4.98 Å². The Hall–Kier alpha value is -1.54. The molecule has 2 rings (SSSR count). The van der Waals surface area contributed by atoms with Gasteiger partial charge in [0.2, 0.25) is 0 Å². The maximum atomic E-state index is 6.17. The van der Waals surface area contributed by atoms with Crippen LogP contribution in [-0.2, 0) is 0 Å². The molecule has 0 aliphatic rings. The van der Waals surface area contributed by atoms with Crippen molar-refractivity contribution in [3.63, 3.8) is 0 Å². The van der Waals surface area contributed by atoms with E-state index >= 15 is 0 Å². The average Bonchev–Trinajstić information content (AvgIpc) is 2.30. The molecule has 0 saturated heterocycles. The number of hydrogen-bond acceptors (Lipinski definition) is 2. The highest BCUT2D eigenvalue weighted by atomic mass is 35.5. The summed E-state index contributed by atoms with van der Waals surface area (Å²) in [5.74, 6) is 0.758. The third-order valence-corrected chi connectivity index (χ3v) is 2.71. The first-order valence-electron chi connectivity index (χ1n) is 4.97. The Balaban J connectivity index is 2.44. The summed E-state index contributed by atoms with van der Waals surface area (Å²) in [5.41, 5.74) is 2.97. The van der Waals surface area contributed by atoms with Gasteiger partial charge in [0.1, 0.15) is 5.75 Å². The Labute approximate surface area is 99.9 Å². The molecule has 16 heavy (non-hydrogen) atoms. The molecular formula is C13H12ClNO. The van der Waals surface area contributed by atoms with Gasteiger partial charge in [-0.05, 0) is 31.2 Å². The van der Waals surface area contributed by atoms with Crippen molar-refractivity contribution >= 4 is 11.6 Å². The summed E-state index contributed by atoms with van der Waals surface area (Å²) in [4.78, 5) is 4.25. The molecule has 0 amide bonds. The summed E-state index contributed by atoms with van der Waals surface area (Å²) >= 11 is 6.17. The topological polar surface area (TPSA) is 22.1 Å². The Bertz CT molecular complexity index is 494. The lowest BCUT2D eigenvalue weighted by Gasteiger charge is -2.06. The normalized spacial score (nSPS) is 10.2. The van der Waals surface area contributed by atoms with Crippen LogP contribution in [0.1, 0.15) is 5.69 Å². The Morgan fingerprint density at radius 2 is 2.00 bits per heavy atom. The molecule has 2 nitrogen and oxygen atoms in total. The summed E-state index contributed by atoms with van der Waals surface area (Å²) in [5, 5.41) is 0.671. The van der Waals surface area contributed by atoms with E-state index in [0.29, 0.717) is 5.02 Å². The summed E-state index contributed by atoms with van der Waals surface area (Å²) in [7, 11) is 1.62. The molecule has 0 bridgehead atoms. The van der Waals surface area contributed by atoms with E-state index in [1.54, 1.807) is 13.2 Å². The van der Waals surface area contributed by atoms with Gasteiger partial charge in [-0.25, -0.2) is 0 Å². The molecule has 0 saturated carbocycles. The molecule has 0 N–H and O–H groups in total. The fraction of sp³-hybridized carbons (Fsp3) is 0.154. The zero-order chi connectivity index (χ0) is 11.5. The molecule has 1 aromatic carbocycles. The average molecular weight is 234 g/mol. The second-order valence-electron chi connectivity index (χ2n) is 3.53. The van der Waals surface area contributed by atoms with Crippen LogP contribution >= 0.6 is 11.6 Å². The van der Waals surface area contributed by atoms with E-state index in [-0.39, 0.29) is 0 Å². The van der Waals surface area contributed by atoms with Crippen LogP contribution in [0.4, 0.5) is 0 Å². The van der Waals surface area contributed by atoms with Gasteiger partial charge in [0.25, 0.3) is 0 Å². The molecule has 3 heteroatoms. The number of ether oxygens (including phenoxy) is 1. The van der Waals surface area contributed by atoms with Gasteiger partial charge in [-0.15, -0.1) is 0 Å². The minimum atomic E-state index is 0.671. The minimum Gasteiger partial charge on any atom is -0.497 e. The van der Waals surface area contributed by atoms with Crippen molar-refractivity contribution in [1.82, 2.24) is 4.98 Å². The number of nitrogens with zero attached hydrogens (tertiary/aromatic N) is 1. The van der Waals surface area contributed by atoms with Crippen LogP contribution in [0, 0.1) is 6.92 Å². The summed E-state index contributed by atoms with van der Waals surface area (Å²) < 4.78 is 5.10. The number of aryl methyl sites for hydroxylation is 1. The second kappa shape index (κ2) is 4.54. The highest BCUT2D eigenvalue weighted by Gasteiger charge is 2.04. The molecule has 0 spiro atoms. The molecule has 1 aromatic heterocycles. The second-order valence-corrected chi connectivity index (χ2v) is 3.94. The zero-order valence-electron chi connectivity index (χ0n) is 9.20. The lowest BCUT2D eigenvalue weighted by Crippen LogP contribution is -1.86. The van der Waals surface area contributed by atoms with E-state index in [1.165, 1.54) is 0 Å². The predicted octanol–water partition coefficient (Wildman–Crippen LogP) is 3.72. The Kier molecular flexibility index (Phi) is 3.11. The molecule has 0 atom stereocenters. The maximum absolute atomic E-state index is 6.17. The highest BCUT2D eigenvalue weighted by molar-refractivity contribution is 6.33. The van der Waals surface area contributed by atoms with E-state index < -0.39 is 0 Å². The van der Waals surface area contributed by atoms with Crippen LogP contribution in [0.5, 0.6) is 5.75 Å². The summed E-state index contributed by atoms with van der Waals surface area (Å²) in [6, 6.07) is 9.61. The van der Waals surface area contributed by atoms with Crippen molar-refractivity contribution < 1.29 is 4.74 Å². The monoisotopic (exact) mass is 233 g/mol. The largest absolute Gasteiger partial charge is 0.497 e. The molecule has 2 aromatic rings. The Morgan fingerprint density at radius 3 is 2.56 bits per heavy atom. The molecule has 0 unspecified atom stereocenters. The first-order chi connectivity index (χ1) is 7.70. The zero-order valence-corrected chi connectivity index (χ0v) is 9.95. The van der Waals surface area contributed by atoms with Crippen LogP contribution in [0.25, 0.3) is 11.1 Å². The number of rotatable bonds is 2. The molecule has 0 aliphatic heterocycles. The van der Waals surface area contributed by atoms with Crippen LogP contribution < -0.4 is 4.74 Å². The number of benzene rings is 1. The van der Waals surface area contributed by atoms with Gasteiger partial charge < -0.3 is 4.74 Å². The highest BCUT2D eigenvalue weighted by Crippen LogP contribution is 2.30.